The van der Waals surface area contributed by atoms with E-state index in [0.29, 0.717) is 0 Å². The van der Waals surface area contributed by atoms with Gasteiger partial charge in [0.1, 0.15) is 22.5 Å². The monoisotopic (exact) mass is 769 g/mol. The normalized spacial score (nSPS) is 11.8. The average Bonchev–Trinajstić information content (AvgIpc) is 3.88. The Morgan fingerprint density at radius 2 is 1.10 bits per heavy atom. The zero-order chi connectivity index (χ0) is 40.2. The van der Waals surface area contributed by atoms with Crippen molar-refractivity contribution in [2.45, 2.75) is 6.92 Å². The maximum absolute atomic E-state index is 6.70. The van der Waals surface area contributed by atoms with Gasteiger partial charge in [-0.3, -0.25) is 0 Å². The summed E-state index contributed by atoms with van der Waals surface area (Å²) >= 11 is 0. The summed E-state index contributed by atoms with van der Waals surface area (Å²) in [6, 6.07) is 67.4. The number of benzene rings is 9. The molecule has 0 atom stereocenters. The molecule has 0 fully saturated rings. The van der Waals surface area contributed by atoms with Gasteiger partial charge in [-0.05, 0) is 129 Å². The number of rotatable bonds is 8. The van der Waals surface area contributed by atoms with Crippen molar-refractivity contribution in [3.8, 4) is 33.4 Å². The first-order valence-electron chi connectivity index (χ1n) is 20.4. The van der Waals surface area contributed by atoms with Crippen molar-refractivity contribution in [2.75, 3.05) is 4.90 Å². The van der Waals surface area contributed by atoms with Crippen molar-refractivity contribution in [3.05, 3.63) is 212 Å². The van der Waals surface area contributed by atoms with Gasteiger partial charge in [0.25, 0.3) is 0 Å². The van der Waals surface area contributed by atoms with Crippen LogP contribution in [0.1, 0.15) is 18.2 Å². The molecule has 0 amide bonds. The molecular formula is C57H39NO2. The molecule has 11 aromatic rings. The highest BCUT2D eigenvalue weighted by atomic mass is 16.3. The summed E-state index contributed by atoms with van der Waals surface area (Å²) in [4.78, 5) is 2.36. The van der Waals surface area contributed by atoms with Gasteiger partial charge in [-0.25, -0.2) is 0 Å². The Kier molecular flexibility index (Phi) is 8.53. The molecule has 0 aliphatic heterocycles. The lowest BCUT2D eigenvalue weighted by molar-refractivity contribution is 0.603. The summed E-state index contributed by atoms with van der Waals surface area (Å²) in [5.41, 5.74) is 13.6. The number of hydrogen-bond donors (Lipinski definition) is 0. The molecular weight excluding hydrogens is 731 g/mol. The Labute approximate surface area is 348 Å². The van der Waals surface area contributed by atoms with E-state index >= 15 is 0 Å². The van der Waals surface area contributed by atoms with Gasteiger partial charge in [0, 0.05) is 33.1 Å². The van der Waals surface area contributed by atoms with Gasteiger partial charge in [0.15, 0.2) is 0 Å². The summed E-state index contributed by atoms with van der Waals surface area (Å²) < 4.78 is 13.0. The molecule has 2 heterocycles. The topological polar surface area (TPSA) is 29.5 Å². The second-order valence-electron chi connectivity index (χ2n) is 15.3. The largest absolute Gasteiger partial charge is 0.456 e. The molecule has 0 aliphatic rings. The van der Waals surface area contributed by atoms with Crippen LogP contribution >= 0.6 is 0 Å². The molecule has 9 aromatic carbocycles. The number of nitrogens with zero attached hydrogens (tertiary/aromatic N) is 1. The minimum atomic E-state index is 0.775. The van der Waals surface area contributed by atoms with Crippen molar-refractivity contribution in [1.29, 1.82) is 0 Å². The SMILES string of the molecule is C=Cc1oc2cc(-c3cccc(N(c4ccc(-c5cccc(-c6ccc7ccccc7c6)c5)cc4)c4cccc5oc6c7ccccc7ccc6c45)c3)ccc2c1/C=C\C. The zero-order valence-electron chi connectivity index (χ0n) is 33.1. The smallest absolute Gasteiger partial charge is 0.143 e. The van der Waals surface area contributed by atoms with E-state index in [1.54, 1.807) is 6.08 Å². The quantitative estimate of drug-likeness (QED) is 0.154. The maximum Gasteiger partial charge on any atom is 0.143 e. The fraction of sp³-hybridized carbons (Fsp3) is 0.0175. The fourth-order valence-corrected chi connectivity index (χ4v) is 8.83. The minimum Gasteiger partial charge on any atom is -0.456 e. The molecule has 0 saturated heterocycles. The summed E-state index contributed by atoms with van der Waals surface area (Å²) in [5, 5.41) is 7.97. The van der Waals surface area contributed by atoms with Gasteiger partial charge in [-0.15, -0.1) is 0 Å². The predicted molar refractivity (Wildman–Crippen MR) is 254 cm³/mol. The highest BCUT2D eigenvalue weighted by Crippen LogP contribution is 2.45. The van der Waals surface area contributed by atoms with Crippen molar-refractivity contribution in [1.82, 2.24) is 0 Å². The van der Waals surface area contributed by atoms with E-state index in [9.17, 15) is 0 Å². The Hall–Kier alpha value is -7.88. The number of furan rings is 2. The molecule has 2 aromatic heterocycles. The van der Waals surface area contributed by atoms with Crippen LogP contribution in [-0.2, 0) is 0 Å². The van der Waals surface area contributed by atoms with Crippen LogP contribution in [0.2, 0.25) is 0 Å². The number of allylic oxidation sites excluding steroid dienone is 1. The molecule has 0 spiro atoms. The van der Waals surface area contributed by atoms with Gasteiger partial charge in [0.2, 0.25) is 0 Å². The number of fused-ring (bicyclic) bond motifs is 7. The van der Waals surface area contributed by atoms with E-state index < -0.39 is 0 Å². The lowest BCUT2D eigenvalue weighted by Crippen LogP contribution is -2.10. The maximum atomic E-state index is 6.70. The predicted octanol–water partition coefficient (Wildman–Crippen LogP) is 16.8. The summed E-state index contributed by atoms with van der Waals surface area (Å²) in [7, 11) is 0. The van der Waals surface area contributed by atoms with Crippen LogP contribution in [0.15, 0.2) is 210 Å². The Bertz CT molecular complexity index is 3470. The van der Waals surface area contributed by atoms with Crippen LogP contribution in [0, 0.1) is 0 Å². The van der Waals surface area contributed by atoms with Crippen LogP contribution in [-0.4, -0.2) is 0 Å². The molecule has 0 N–H and O–H groups in total. The van der Waals surface area contributed by atoms with Crippen molar-refractivity contribution < 1.29 is 8.83 Å². The Balaban J connectivity index is 1.05. The van der Waals surface area contributed by atoms with Gasteiger partial charge < -0.3 is 13.7 Å². The zero-order valence-corrected chi connectivity index (χ0v) is 33.1. The van der Waals surface area contributed by atoms with E-state index in [2.05, 4.69) is 206 Å². The van der Waals surface area contributed by atoms with Crippen molar-refractivity contribution >= 4 is 83.7 Å². The minimum absolute atomic E-state index is 0.775. The Morgan fingerprint density at radius 1 is 0.450 bits per heavy atom. The lowest BCUT2D eigenvalue weighted by Gasteiger charge is -2.27. The van der Waals surface area contributed by atoms with E-state index in [1.165, 1.54) is 27.5 Å². The van der Waals surface area contributed by atoms with Crippen LogP contribution in [0.5, 0.6) is 0 Å². The second-order valence-corrected chi connectivity index (χ2v) is 15.3. The first kappa shape index (κ1) is 35.3. The molecule has 3 nitrogen and oxygen atoms in total. The van der Waals surface area contributed by atoms with Crippen LogP contribution in [0.25, 0.3) is 100.0 Å². The standard InChI is InChI=1S/C57H39NO2/c1-3-12-49-50-31-28-45(36-55(50)59-53(49)4-2)43-18-10-19-47(35-43)58(52-21-11-22-54-56(52)51-32-27-39-14-7-8-20-48(39)57(51)60-54)46-29-25-38(26-30-46)41-16-9-17-42(33-41)44-24-23-37-13-5-6-15-40(37)34-44/h3-36H,2H2,1H3/b12-3-. The van der Waals surface area contributed by atoms with Crippen molar-refractivity contribution in [2.24, 2.45) is 0 Å². The van der Waals surface area contributed by atoms with E-state index in [0.717, 1.165) is 88.8 Å². The molecule has 60 heavy (non-hydrogen) atoms. The van der Waals surface area contributed by atoms with Crippen LogP contribution in [0.3, 0.4) is 0 Å². The first-order valence-corrected chi connectivity index (χ1v) is 20.4. The third-order valence-electron chi connectivity index (χ3n) is 11.7. The molecule has 284 valence electrons. The van der Waals surface area contributed by atoms with Crippen LogP contribution < -0.4 is 4.90 Å². The molecule has 0 bridgehead atoms. The van der Waals surface area contributed by atoms with Gasteiger partial charge in [-0.2, -0.15) is 0 Å². The highest BCUT2D eigenvalue weighted by Gasteiger charge is 2.21. The van der Waals surface area contributed by atoms with E-state index in [-0.39, 0.29) is 0 Å². The first-order chi connectivity index (χ1) is 29.6. The summed E-state index contributed by atoms with van der Waals surface area (Å²) in [5.74, 6) is 0.775. The fourth-order valence-electron chi connectivity index (χ4n) is 8.83. The highest BCUT2D eigenvalue weighted by molar-refractivity contribution is 6.19. The molecule has 0 aliphatic carbocycles. The third-order valence-corrected chi connectivity index (χ3v) is 11.7. The average molecular weight is 770 g/mol. The van der Waals surface area contributed by atoms with Gasteiger partial charge >= 0.3 is 0 Å². The number of anilines is 3. The summed E-state index contributed by atoms with van der Waals surface area (Å²) in [6.45, 7) is 6.02. The molecule has 0 saturated carbocycles. The lowest BCUT2D eigenvalue weighted by atomic mass is 9.97. The van der Waals surface area contributed by atoms with Crippen molar-refractivity contribution in [3.63, 3.8) is 0 Å². The van der Waals surface area contributed by atoms with Crippen LogP contribution in [0.4, 0.5) is 17.1 Å². The molecule has 11 rings (SSSR count). The second kappa shape index (κ2) is 14.5. The third kappa shape index (κ3) is 5.99. The molecule has 3 heteroatoms. The van der Waals surface area contributed by atoms with Gasteiger partial charge in [0.05, 0.1) is 11.1 Å². The Morgan fingerprint density at radius 3 is 1.93 bits per heavy atom. The van der Waals surface area contributed by atoms with Gasteiger partial charge in [-0.1, -0.05) is 140 Å². The molecule has 0 unspecified atom stereocenters. The van der Waals surface area contributed by atoms with E-state index in [1.807, 2.05) is 13.0 Å². The van der Waals surface area contributed by atoms with E-state index in [4.69, 9.17) is 8.83 Å². The number of hydrogen-bond acceptors (Lipinski definition) is 3. The summed E-state index contributed by atoms with van der Waals surface area (Å²) in [6.07, 6.45) is 5.89. The molecule has 0 radical (unpaired) electrons.